The van der Waals surface area contributed by atoms with Crippen molar-refractivity contribution in [2.24, 2.45) is 0 Å². The summed E-state index contributed by atoms with van der Waals surface area (Å²) in [6, 6.07) is 6.73. The third-order valence-electron chi connectivity index (χ3n) is 8.04. The van der Waals surface area contributed by atoms with Gasteiger partial charge in [-0.05, 0) is 62.8 Å². The van der Waals surface area contributed by atoms with Crippen LogP contribution in [-0.4, -0.2) is 76.8 Å². The number of piperidine rings is 2. The second kappa shape index (κ2) is 14.2. The SMILES string of the molecule is Cc1ccc(N2CCC(C(=O)NO)(S(=O)(=O)N3CCC(c4ccc(CCC(F)(F)C(F)(F)F)cn4)CC3)CC2)cn1.Cl.Cl. The van der Waals surface area contributed by atoms with E-state index >= 15 is 0 Å². The minimum atomic E-state index is -5.61. The third-order valence-corrected chi connectivity index (χ3v) is 10.7. The molecule has 4 rings (SSSR count). The van der Waals surface area contributed by atoms with Gasteiger partial charge in [0.2, 0.25) is 10.0 Å². The van der Waals surface area contributed by atoms with Crippen LogP contribution < -0.4 is 10.4 Å². The standard InChI is InChI=1S/C26H32F5N5O4S.2ClH/c1-18-2-4-21(17-32-18)35-14-10-24(11-15-35,23(37)34-38)41(39,40)36-12-7-20(8-13-36)22-5-3-19(16-33-22)6-9-25(27,28)26(29,30)31;;/h2-5,16-17,20,38H,6-15H2,1H3,(H,34,37);2*1H. The number of hydrogen-bond donors (Lipinski definition) is 2. The molecule has 0 aromatic carbocycles. The van der Waals surface area contributed by atoms with Gasteiger partial charge in [-0.1, -0.05) is 6.07 Å². The molecule has 242 valence electrons. The molecular weight excluding hydrogens is 644 g/mol. The molecule has 0 unspecified atom stereocenters. The summed E-state index contributed by atoms with van der Waals surface area (Å²) in [5, 5.41) is 9.45. The monoisotopic (exact) mass is 677 g/mol. The smallest absolute Gasteiger partial charge is 0.370 e. The van der Waals surface area contributed by atoms with Gasteiger partial charge in [0.1, 0.15) is 0 Å². The molecular formula is C26H34Cl2F5N5O4S. The fourth-order valence-corrected chi connectivity index (χ4v) is 7.55. The quantitative estimate of drug-likeness (QED) is 0.234. The van der Waals surface area contributed by atoms with Crippen LogP contribution in [0.3, 0.4) is 0 Å². The second-order valence-corrected chi connectivity index (χ2v) is 12.8. The molecule has 0 radical (unpaired) electrons. The highest BCUT2D eigenvalue weighted by atomic mass is 35.5. The van der Waals surface area contributed by atoms with E-state index in [1.165, 1.54) is 16.6 Å². The summed E-state index contributed by atoms with van der Waals surface area (Å²) in [5.74, 6) is -5.93. The van der Waals surface area contributed by atoms with Crippen molar-refractivity contribution in [3.63, 3.8) is 0 Å². The first-order valence-electron chi connectivity index (χ1n) is 13.2. The van der Waals surface area contributed by atoms with Gasteiger partial charge in [0, 0.05) is 56.1 Å². The number of aromatic nitrogens is 2. The van der Waals surface area contributed by atoms with Crippen LogP contribution in [0.2, 0.25) is 0 Å². The Morgan fingerprint density at radius 1 is 1.00 bits per heavy atom. The highest BCUT2D eigenvalue weighted by Crippen LogP contribution is 2.40. The summed E-state index contributed by atoms with van der Waals surface area (Å²) >= 11 is 0. The zero-order chi connectivity index (χ0) is 30.1. The molecule has 2 aliphatic heterocycles. The van der Waals surface area contributed by atoms with Crippen molar-refractivity contribution in [3.05, 3.63) is 53.6 Å². The van der Waals surface area contributed by atoms with E-state index in [1.54, 1.807) is 17.7 Å². The molecule has 2 N–H and O–H groups in total. The fraction of sp³-hybridized carbons (Fsp3) is 0.577. The average molecular weight is 679 g/mol. The van der Waals surface area contributed by atoms with Gasteiger partial charge in [0.05, 0.1) is 11.9 Å². The first-order chi connectivity index (χ1) is 19.2. The summed E-state index contributed by atoms with van der Waals surface area (Å²) in [4.78, 5) is 23.3. The van der Waals surface area contributed by atoms with Crippen molar-refractivity contribution < 1.29 is 40.4 Å². The molecule has 2 saturated heterocycles. The van der Waals surface area contributed by atoms with E-state index in [2.05, 4.69) is 9.97 Å². The van der Waals surface area contributed by atoms with E-state index in [0.717, 1.165) is 11.4 Å². The Hall–Kier alpha value is -2.33. The van der Waals surface area contributed by atoms with Crippen molar-refractivity contribution in [2.75, 3.05) is 31.1 Å². The minimum absolute atomic E-state index is 0. The van der Waals surface area contributed by atoms with E-state index in [-0.39, 0.29) is 75.3 Å². The number of aryl methyl sites for hydroxylation is 2. The van der Waals surface area contributed by atoms with Gasteiger partial charge in [0.25, 0.3) is 5.91 Å². The lowest BCUT2D eigenvalue weighted by Crippen LogP contribution is -2.62. The number of carbonyl (C=O) groups excluding carboxylic acids is 1. The molecule has 0 aliphatic carbocycles. The molecule has 2 fully saturated rings. The van der Waals surface area contributed by atoms with Gasteiger partial charge in [-0.15, -0.1) is 24.8 Å². The van der Waals surface area contributed by atoms with Crippen molar-refractivity contribution in [1.29, 1.82) is 0 Å². The van der Waals surface area contributed by atoms with Gasteiger partial charge in [0.15, 0.2) is 4.75 Å². The van der Waals surface area contributed by atoms with Crippen molar-refractivity contribution in [1.82, 2.24) is 19.8 Å². The molecule has 1 amide bonds. The summed E-state index contributed by atoms with van der Waals surface area (Å²) in [6.07, 6.45) is -3.86. The lowest BCUT2D eigenvalue weighted by Gasteiger charge is -2.43. The number of hydrogen-bond acceptors (Lipinski definition) is 7. The maximum Gasteiger partial charge on any atom is 0.453 e. The second-order valence-electron chi connectivity index (χ2n) is 10.6. The molecule has 2 aliphatic rings. The molecule has 2 aromatic heterocycles. The first-order valence-corrected chi connectivity index (χ1v) is 14.7. The molecule has 2 aromatic rings. The molecule has 9 nitrogen and oxygen atoms in total. The molecule has 43 heavy (non-hydrogen) atoms. The minimum Gasteiger partial charge on any atom is -0.370 e. The van der Waals surface area contributed by atoms with Gasteiger partial charge in [-0.2, -0.15) is 22.0 Å². The van der Waals surface area contributed by atoms with Crippen LogP contribution in [0.5, 0.6) is 0 Å². The van der Waals surface area contributed by atoms with Gasteiger partial charge in [-0.3, -0.25) is 20.0 Å². The number of anilines is 1. The van der Waals surface area contributed by atoms with Crippen molar-refractivity contribution in [2.45, 2.75) is 68.2 Å². The fourth-order valence-electron chi connectivity index (χ4n) is 5.38. The highest BCUT2D eigenvalue weighted by Gasteiger charge is 2.57. The lowest BCUT2D eigenvalue weighted by molar-refractivity contribution is -0.284. The van der Waals surface area contributed by atoms with Crippen LogP contribution in [0.15, 0.2) is 36.7 Å². The number of carbonyl (C=O) groups is 1. The third kappa shape index (κ3) is 7.67. The van der Waals surface area contributed by atoms with Gasteiger partial charge < -0.3 is 4.90 Å². The lowest BCUT2D eigenvalue weighted by atomic mass is 9.93. The van der Waals surface area contributed by atoms with Crippen LogP contribution in [0.1, 0.15) is 55.0 Å². The summed E-state index contributed by atoms with van der Waals surface area (Å²) in [6.45, 7) is 2.57. The Morgan fingerprint density at radius 3 is 2.12 bits per heavy atom. The number of pyridine rings is 2. The number of nitrogens with zero attached hydrogens (tertiary/aromatic N) is 4. The maximum atomic E-state index is 13.8. The summed E-state index contributed by atoms with van der Waals surface area (Å²) < 4.78 is 90.8. The van der Waals surface area contributed by atoms with Crippen molar-refractivity contribution in [3.8, 4) is 0 Å². The Morgan fingerprint density at radius 2 is 1.63 bits per heavy atom. The van der Waals surface area contributed by atoms with E-state index in [1.807, 2.05) is 24.0 Å². The normalized spacial score (nSPS) is 18.3. The van der Waals surface area contributed by atoms with E-state index in [9.17, 15) is 40.4 Å². The van der Waals surface area contributed by atoms with Crippen LogP contribution in [0.25, 0.3) is 0 Å². The Balaban J connectivity index is 0.00000323. The molecule has 4 heterocycles. The Kier molecular flexibility index (Phi) is 12.2. The van der Waals surface area contributed by atoms with Gasteiger partial charge in [-0.25, -0.2) is 18.2 Å². The summed E-state index contributed by atoms with van der Waals surface area (Å²) in [7, 11) is -4.18. The molecule has 17 heteroatoms. The van der Waals surface area contributed by atoms with Crippen molar-refractivity contribution >= 4 is 46.4 Å². The predicted octanol–water partition coefficient (Wildman–Crippen LogP) is 4.81. The predicted molar refractivity (Wildman–Crippen MR) is 154 cm³/mol. The zero-order valence-electron chi connectivity index (χ0n) is 23.2. The average Bonchev–Trinajstić information content (AvgIpc) is 2.96. The maximum absolute atomic E-state index is 13.8. The molecule has 0 spiro atoms. The van der Waals surface area contributed by atoms with Crippen LogP contribution in [0.4, 0.5) is 27.6 Å². The summed E-state index contributed by atoms with van der Waals surface area (Å²) in [5.41, 5.74) is 4.01. The number of sulfonamides is 1. The molecule has 0 bridgehead atoms. The number of rotatable bonds is 8. The highest BCUT2D eigenvalue weighted by molar-refractivity contribution is 7.91. The number of halogens is 7. The van der Waals surface area contributed by atoms with Crippen LogP contribution >= 0.6 is 24.8 Å². The van der Waals surface area contributed by atoms with Crippen LogP contribution in [0, 0.1) is 6.92 Å². The number of hydroxylamine groups is 1. The topological polar surface area (TPSA) is 116 Å². The van der Waals surface area contributed by atoms with E-state index in [4.69, 9.17) is 0 Å². The van der Waals surface area contributed by atoms with Gasteiger partial charge >= 0.3 is 12.1 Å². The van der Waals surface area contributed by atoms with Crippen LogP contribution in [-0.2, 0) is 21.2 Å². The molecule has 0 saturated carbocycles. The van der Waals surface area contributed by atoms with E-state index < -0.39 is 45.6 Å². The molecule has 0 atom stereocenters. The largest absolute Gasteiger partial charge is 0.453 e. The number of amides is 1. The number of alkyl halides is 5. The Bertz CT molecular complexity index is 1320. The first kappa shape index (κ1) is 36.9. The zero-order valence-corrected chi connectivity index (χ0v) is 25.6. The number of nitrogens with one attached hydrogen (secondary N) is 1. The van der Waals surface area contributed by atoms with E-state index in [0.29, 0.717) is 18.5 Å². The Labute approximate surface area is 259 Å².